The smallest absolute Gasteiger partial charge is 0.126 e. The summed E-state index contributed by atoms with van der Waals surface area (Å²) in [6.45, 7) is 5.44. The molecular formula is C15H20FNO. The fourth-order valence-electron chi connectivity index (χ4n) is 1.76. The monoisotopic (exact) mass is 249 g/mol. The Labute approximate surface area is 109 Å². The van der Waals surface area contributed by atoms with Gasteiger partial charge in [-0.25, -0.2) is 4.39 Å². The van der Waals surface area contributed by atoms with Gasteiger partial charge in [-0.2, -0.15) is 0 Å². The Morgan fingerprint density at radius 1 is 1.50 bits per heavy atom. The number of nitrogens with one attached hydrogen (secondary N) is 1. The molecule has 0 spiro atoms. The first-order chi connectivity index (χ1) is 8.69. The van der Waals surface area contributed by atoms with Crippen LogP contribution in [-0.2, 0) is 0 Å². The van der Waals surface area contributed by atoms with Gasteiger partial charge in [0.25, 0.3) is 0 Å². The van der Waals surface area contributed by atoms with Crippen LogP contribution in [0.1, 0.15) is 38.3 Å². The highest BCUT2D eigenvalue weighted by Crippen LogP contribution is 2.26. The van der Waals surface area contributed by atoms with E-state index in [0.717, 1.165) is 18.5 Å². The van der Waals surface area contributed by atoms with E-state index in [-0.39, 0.29) is 11.9 Å². The number of rotatable bonds is 7. The Hall–Kier alpha value is -1.53. The van der Waals surface area contributed by atoms with Crippen LogP contribution in [0.2, 0.25) is 0 Å². The van der Waals surface area contributed by atoms with Crippen molar-refractivity contribution in [2.75, 3.05) is 13.2 Å². The standard InChI is InChI=1S/C15H20FNO/c1-4-6-7-10-18-15-11-13(16)8-9-14(15)12(3)17-5-2/h1,8-9,11-12,17H,5-7,10H2,2-3H3. The third kappa shape index (κ3) is 4.38. The molecule has 0 fully saturated rings. The highest BCUT2D eigenvalue weighted by molar-refractivity contribution is 5.36. The summed E-state index contributed by atoms with van der Waals surface area (Å²) in [4.78, 5) is 0. The fraction of sp³-hybridized carbons (Fsp3) is 0.467. The molecular weight excluding hydrogens is 229 g/mol. The molecule has 98 valence electrons. The van der Waals surface area contributed by atoms with Crippen molar-refractivity contribution >= 4 is 0 Å². The van der Waals surface area contributed by atoms with Gasteiger partial charge in [0.2, 0.25) is 0 Å². The average molecular weight is 249 g/mol. The van der Waals surface area contributed by atoms with Crippen LogP contribution < -0.4 is 10.1 Å². The van der Waals surface area contributed by atoms with Gasteiger partial charge >= 0.3 is 0 Å². The molecule has 0 radical (unpaired) electrons. The first kappa shape index (κ1) is 14.5. The zero-order chi connectivity index (χ0) is 13.4. The third-order valence-electron chi connectivity index (χ3n) is 2.68. The molecule has 0 aliphatic heterocycles. The van der Waals surface area contributed by atoms with E-state index in [9.17, 15) is 4.39 Å². The first-order valence-corrected chi connectivity index (χ1v) is 6.28. The number of halogens is 1. The molecule has 0 aromatic heterocycles. The molecule has 3 heteroatoms. The Morgan fingerprint density at radius 3 is 2.94 bits per heavy atom. The Morgan fingerprint density at radius 2 is 2.28 bits per heavy atom. The van der Waals surface area contributed by atoms with E-state index in [1.165, 1.54) is 12.1 Å². The van der Waals surface area contributed by atoms with Crippen molar-refractivity contribution in [1.29, 1.82) is 0 Å². The van der Waals surface area contributed by atoms with Crippen molar-refractivity contribution in [1.82, 2.24) is 5.32 Å². The molecule has 0 aliphatic rings. The summed E-state index contributed by atoms with van der Waals surface area (Å²) in [5.74, 6) is 2.87. The van der Waals surface area contributed by atoms with Gasteiger partial charge < -0.3 is 10.1 Å². The SMILES string of the molecule is C#CCCCOc1cc(F)ccc1C(C)NCC. The zero-order valence-corrected chi connectivity index (χ0v) is 11.0. The van der Waals surface area contributed by atoms with Crippen molar-refractivity contribution in [3.63, 3.8) is 0 Å². The largest absolute Gasteiger partial charge is 0.493 e. The maximum Gasteiger partial charge on any atom is 0.126 e. The molecule has 0 amide bonds. The molecule has 0 bridgehead atoms. The number of ether oxygens (including phenoxy) is 1. The van der Waals surface area contributed by atoms with E-state index >= 15 is 0 Å². The second-order valence-electron chi connectivity index (χ2n) is 4.12. The summed E-state index contributed by atoms with van der Waals surface area (Å²) < 4.78 is 18.9. The Bertz CT molecular complexity index is 411. The van der Waals surface area contributed by atoms with Crippen molar-refractivity contribution in [2.45, 2.75) is 32.7 Å². The molecule has 0 saturated carbocycles. The van der Waals surface area contributed by atoms with Crippen molar-refractivity contribution in [2.24, 2.45) is 0 Å². The molecule has 1 atom stereocenters. The molecule has 1 N–H and O–H groups in total. The van der Waals surface area contributed by atoms with E-state index in [0.29, 0.717) is 18.8 Å². The maximum absolute atomic E-state index is 13.2. The van der Waals surface area contributed by atoms with Gasteiger partial charge in [-0.1, -0.05) is 13.0 Å². The van der Waals surface area contributed by atoms with Gasteiger partial charge in [0, 0.05) is 24.1 Å². The summed E-state index contributed by atoms with van der Waals surface area (Å²) in [7, 11) is 0. The van der Waals surface area contributed by atoms with Crippen molar-refractivity contribution < 1.29 is 9.13 Å². The second kappa shape index (κ2) is 7.73. The molecule has 1 unspecified atom stereocenters. The van der Waals surface area contributed by atoms with Gasteiger partial charge in [-0.05, 0) is 26.0 Å². The van der Waals surface area contributed by atoms with E-state index in [1.807, 2.05) is 13.8 Å². The van der Waals surface area contributed by atoms with Crippen molar-refractivity contribution in [3.05, 3.63) is 29.6 Å². The lowest BCUT2D eigenvalue weighted by Crippen LogP contribution is -2.18. The van der Waals surface area contributed by atoms with E-state index < -0.39 is 0 Å². The predicted octanol–water partition coefficient (Wildman–Crippen LogP) is 3.29. The van der Waals surface area contributed by atoms with Gasteiger partial charge in [0.15, 0.2) is 0 Å². The number of terminal acetylenes is 1. The highest BCUT2D eigenvalue weighted by atomic mass is 19.1. The Balaban J connectivity index is 2.73. The topological polar surface area (TPSA) is 21.3 Å². The third-order valence-corrected chi connectivity index (χ3v) is 2.68. The molecule has 0 heterocycles. The lowest BCUT2D eigenvalue weighted by Gasteiger charge is -2.17. The fourth-order valence-corrected chi connectivity index (χ4v) is 1.76. The average Bonchev–Trinajstić information content (AvgIpc) is 2.35. The van der Waals surface area contributed by atoms with Gasteiger partial charge in [-0.15, -0.1) is 12.3 Å². The predicted molar refractivity (Wildman–Crippen MR) is 72.1 cm³/mol. The molecule has 1 aromatic rings. The minimum Gasteiger partial charge on any atom is -0.493 e. The van der Waals surface area contributed by atoms with Crippen LogP contribution >= 0.6 is 0 Å². The molecule has 0 saturated heterocycles. The van der Waals surface area contributed by atoms with Crippen LogP contribution in [0.5, 0.6) is 5.75 Å². The van der Waals surface area contributed by atoms with Gasteiger partial charge in [0.05, 0.1) is 6.61 Å². The highest BCUT2D eigenvalue weighted by Gasteiger charge is 2.11. The number of hydrogen-bond acceptors (Lipinski definition) is 2. The summed E-state index contributed by atoms with van der Waals surface area (Å²) in [6.07, 6.45) is 6.63. The number of hydrogen-bond donors (Lipinski definition) is 1. The summed E-state index contributed by atoms with van der Waals surface area (Å²) in [6, 6.07) is 4.79. The van der Waals surface area contributed by atoms with E-state index in [1.54, 1.807) is 6.07 Å². The normalized spacial score (nSPS) is 11.9. The van der Waals surface area contributed by atoms with Crippen LogP contribution in [0, 0.1) is 18.2 Å². The lowest BCUT2D eigenvalue weighted by molar-refractivity contribution is 0.305. The van der Waals surface area contributed by atoms with Gasteiger partial charge in [0.1, 0.15) is 11.6 Å². The maximum atomic E-state index is 13.2. The van der Waals surface area contributed by atoms with E-state index in [4.69, 9.17) is 11.2 Å². The minimum absolute atomic E-state index is 0.137. The lowest BCUT2D eigenvalue weighted by atomic mass is 10.1. The zero-order valence-electron chi connectivity index (χ0n) is 11.0. The number of benzene rings is 1. The van der Waals surface area contributed by atoms with Crippen LogP contribution in [0.4, 0.5) is 4.39 Å². The quantitative estimate of drug-likeness (QED) is 0.591. The Kier molecular flexibility index (Phi) is 6.24. The van der Waals surface area contributed by atoms with Crippen LogP contribution in [0.25, 0.3) is 0 Å². The van der Waals surface area contributed by atoms with E-state index in [2.05, 4.69) is 11.2 Å². The second-order valence-corrected chi connectivity index (χ2v) is 4.12. The molecule has 0 aliphatic carbocycles. The minimum atomic E-state index is -0.283. The summed E-state index contributed by atoms with van der Waals surface area (Å²) in [5, 5.41) is 3.29. The molecule has 2 nitrogen and oxygen atoms in total. The van der Waals surface area contributed by atoms with Gasteiger partial charge in [-0.3, -0.25) is 0 Å². The van der Waals surface area contributed by atoms with Crippen LogP contribution in [0.15, 0.2) is 18.2 Å². The molecule has 1 rings (SSSR count). The first-order valence-electron chi connectivity index (χ1n) is 6.28. The number of unbranched alkanes of at least 4 members (excludes halogenated alkanes) is 1. The van der Waals surface area contributed by atoms with Crippen molar-refractivity contribution in [3.8, 4) is 18.1 Å². The molecule has 18 heavy (non-hydrogen) atoms. The van der Waals surface area contributed by atoms with Crippen LogP contribution in [0.3, 0.4) is 0 Å². The van der Waals surface area contributed by atoms with Crippen LogP contribution in [-0.4, -0.2) is 13.2 Å². The summed E-state index contributed by atoms with van der Waals surface area (Å²) in [5.41, 5.74) is 0.971. The summed E-state index contributed by atoms with van der Waals surface area (Å²) >= 11 is 0. The molecule has 1 aromatic carbocycles.